The number of aliphatic carboxylic acids is 1. The van der Waals surface area contributed by atoms with Crippen LogP contribution in [0.25, 0.3) is 0 Å². The van der Waals surface area contributed by atoms with Crippen molar-refractivity contribution in [2.24, 2.45) is 5.92 Å². The van der Waals surface area contributed by atoms with Crippen LogP contribution in [0.15, 0.2) is 0 Å². The number of rotatable bonds is 7. The molecule has 0 aliphatic heterocycles. The summed E-state index contributed by atoms with van der Waals surface area (Å²) in [4.78, 5) is 36.6. The Morgan fingerprint density at radius 1 is 1.38 bits per heavy atom. The van der Waals surface area contributed by atoms with Crippen LogP contribution in [0.3, 0.4) is 0 Å². The Morgan fingerprint density at radius 3 is 2.33 bits per heavy atom. The summed E-state index contributed by atoms with van der Waals surface area (Å²) in [5.41, 5.74) is -1.29. The van der Waals surface area contributed by atoms with E-state index >= 15 is 0 Å². The predicted molar refractivity (Wildman–Crippen MR) is 75.8 cm³/mol. The van der Waals surface area contributed by atoms with E-state index < -0.39 is 23.5 Å². The standard InChI is InChI=1S/C14H24N2O5/c1-5-21-11(17)8-16(9(2)3)13(20)15-14(4,12(18)19)10-6-7-10/h9-10H,5-8H2,1-4H3,(H,15,20)(H,18,19). The van der Waals surface area contributed by atoms with Crippen molar-refractivity contribution in [1.29, 1.82) is 0 Å². The third kappa shape index (κ3) is 4.34. The molecule has 0 spiro atoms. The third-order valence-corrected chi connectivity index (χ3v) is 3.69. The van der Waals surface area contributed by atoms with Gasteiger partial charge in [0, 0.05) is 6.04 Å². The second kappa shape index (κ2) is 6.78. The Morgan fingerprint density at radius 2 is 1.95 bits per heavy atom. The zero-order chi connectivity index (χ0) is 16.2. The van der Waals surface area contributed by atoms with E-state index in [1.807, 2.05) is 0 Å². The number of nitrogens with zero attached hydrogens (tertiary/aromatic N) is 1. The molecule has 7 nitrogen and oxygen atoms in total. The van der Waals surface area contributed by atoms with Crippen molar-refractivity contribution in [3.8, 4) is 0 Å². The molecule has 1 atom stereocenters. The quantitative estimate of drug-likeness (QED) is 0.689. The van der Waals surface area contributed by atoms with Crippen molar-refractivity contribution in [2.75, 3.05) is 13.2 Å². The van der Waals surface area contributed by atoms with Crippen LogP contribution in [0.5, 0.6) is 0 Å². The molecule has 0 saturated heterocycles. The largest absolute Gasteiger partial charge is 0.480 e. The van der Waals surface area contributed by atoms with Crippen molar-refractivity contribution in [3.63, 3.8) is 0 Å². The summed E-state index contributed by atoms with van der Waals surface area (Å²) in [6.45, 7) is 6.75. The highest BCUT2D eigenvalue weighted by molar-refractivity contribution is 5.88. The average Bonchev–Trinajstić information content (AvgIpc) is 3.19. The van der Waals surface area contributed by atoms with Gasteiger partial charge in [0.1, 0.15) is 12.1 Å². The minimum Gasteiger partial charge on any atom is -0.480 e. The van der Waals surface area contributed by atoms with Gasteiger partial charge in [-0.15, -0.1) is 0 Å². The van der Waals surface area contributed by atoms with E-state index in [2.05, 4.69) is 5.32 Å². The number of carboxylic acid groups (broad SMARTS) is 1. The normalized spacial score (nSPS) is 17.0. The first kappa shape index (κ1) is 17.3. The summed E-state index contributed by atoms with van der Waals surface area (Å²) in [5.74, 6) is -1.63. The molecule has 1 unspecified atom stereocenters. The molecule has 0 radical (unpaired) electrons. The molecule has 0 bridgehead atoms. The minimum atomic E-state index is -1.29. The van der Waals surface area contributed by atoms with Crippen molar-refractivity contribution < 1.29 is 24.2 Å². The number of esters is 1. The Hall–Kier alpha value is -1.79. The molecule has 0 aromatic rings. The van der Waals surface area contributed by atoms with Crippen LogP contribution in [0, 0.1) is 5.92 Å². The SMILES string of the molecule is CCOC(=O)CN(C(=O)NC(C)(C(=O)O)C1CC1)C(C)C. The van der Waals surface area contributed by atoms with Crippen molar-refractivity contribution in [3.05, 3.63) is 0 Å². The van der Waals surface area contributed by atoms with E-state index in [1.54, 1.807) is 20.8 Å². The van der Waals surface area contributed by atoms with Gasteiger partial charge in [-0.05, 0) is 46.5 Å². The lowest BCUT2D eigenvalue weighted by Crippen LogP contribution is -2.59. The first-order valence-electron chi connectivity index (χ1n) is 7.20. The lowest BCUT2D eigenvalue weighted by atomic mass is 9.96. The van der Waals surface area contributed by atoms with E-state index in [9.17, 15) is 19.5 Å². The Labute approximate surface area is 124 Å². The number of carbonyl (C=O) groups excluding carboxylic acids is 2. The van der Waals surface area contributed by atoms with Crippen LogP contribution in [0.2, 0.25) is 0 Å². The number of hydrogen-bond acceptors (Lipinski definition) is 4. The molecule has 120 valence electrons. The zero-order valence-electron chi connectivity index (χ0n) is 13.0. The smallest absolute Gasteiger partial charge is 0.329 e. The van der Waals surface area contributed by atoms with Gasteiger partial charge in [-0.25, -0.2) is 9.59 Å². The van der Waals surface area contributed by atoms with Crippen LogP contribution in [0.4, 0.5) is 4.79 Å². The summed E-state index contributed by atoms with van der Waals surface area (Å²) in [7, 11) is 0. The Balaban J connectivity index is 2.76. The lowest BCUT2D eigenvalue weighted by molar-refractivity contribution is -0.144. The summed E-state index contributed by atoms with van der Waals surface area (Å²) in [6, 6.07) is -0.804. The molecule has 0 aromatic carbocycles. The molecule has 1 saturated carbocycles. The van der Waals surface area contributed by atoms with E-state index in [1.165, 1.54) is 11.8 Å². The van der Waals surface area contributed by atoms with Gasteiger partial charge in [-0.1, -0.05) is 0 Å². The highest BCUT2D eigenvalue weighted by atomic mass is 16.5. The van der Waals surface area contributed by atoms with E-state index in [-0.39, 0.29) is 25.1 Å². The summed E-state index contributed by atoms with van der Waals surface area (Å²) in [6.07, 6.45) is 1.56. The molecule has 1 fully saturated rings. The van der Waals surface area contributed by atoms with E-state index in [0.717, 1.165) is 12.8 Å². The first-order chi connectivity index (χ1) is 9.72. The van der Waals surface area contributed by atoms with Gasteiger partial charge in [0.25, 0.3) is 0 Å². The molecule has 2 amide bonds. The summed E-state index contributed by atoms with van der Waals surface area (Å²) >= 11 is 0. The number of urea groups is 1. The maximum Gasteiger partial charge on any atom is 0.329 e. The lowest BCUT2D eigenvalue weighted by Gasteiger charge is -2.32. The Bertz CT molecular complexity index is 420. The van der Waals surface area contributed by atoms with Gasteiger partial charge < -0.3 is 20.1 Å². The van der Waals surface area contributed by atoms with Gasteiger partial charge in [0.15, 0.2) is 0 Å². The molecule has 0 aromatic heterocycles. The summed E-state index contributed by atoms with van der Waals surface area (Å²) in [5, 5.41) is 11.9. The number of ether oxygens (including phenoxy) is 1. The van der Waals surface area contributed by atoms with Crippen LogP contribution in [-0.4, -0.2) is 52.7 Å². The van der Waals surface area contributed by atoms with E-state index in [4.69, 9.17) is 4.74 Å². The second-order valence-electron chi connectivity index (χ2n) is 5.74. The summed E-state index contributed by atoms with van der Waals surface area (Å²) < 4.78 is 4.83. The molecular weight excluding hydrogens is 276 g/mol. The fraction of sp³-hybridized carbons (Fsp3) is 0.786. The second-order valence-corrected chi connectivity index (χ2v) is 5.74. The molecular formula is C14H24N2O5. The van der Waals surface area contributed by atoms with Crippen LogP contribution < -0.4 is 5.32 Å². The maximum absolute atomic E-state index is 12.3. The van der Waals surface area contributed by atoms with Crippen molar-refractivity contribution in [2.45, 2.75) is 52.1 Å². The van der Waals surface area contributed by atoms with Crippen LogP contribution in [-0.2, 0) is 14.3 Å². The number of amides is 2. The number of carbonyl (C=O) groups is 3. The van der Waals surface area contributed by atoms with Crippen LogP contribution in [0.1, 0.15) is 40.5 Å². The zero-order valence-corrected chi connectivity index (χ0v) is 13.0. The van der Waals surface area contributed by atoms with Gasteiger partial charge in [-0.2, -0.15) is 0 Å². The molecule has 21 heavy (non-hydrogen) atoms. The van der Waals surface area contributed by atoms with Gasteiger partial charge in [0.05, 0.1) is 6.61 Å². The molecule has 1 aliphatic rings. The highest BCUT2D eigenvalue weighted by Gasteiger charge is 2.49. The van der Waals surface area contributed by atoms with Gasteiger partial charge in [-0.3, -0.25) is 4.79 Å². The molecule has 7 heteroatoms. The minimum absolute atomic E-state index is 0.0597. The van der Waals surface area contributed by atoms with Crippen molar-refractivity contribution >= 4 is 18.0 Å². The number of nitrogens with one attached hydrogen (secondary N) is 1. The molecule has 0 heterocycles. The topological polar surface area (TPSA) is 95.9 Å². The fourth-order valence-corrected chi connectivity index (χ4v) is 2.12. The molecule has 1 aliphatic carbocycles. The fourth-order valence-electron chi connectivity index (χ4n) is 2.12. The number of carboxylic acids is 1. The first-order valence-corrected chi connectivity index (χ1v) is 7.20. The van der Waals surface area contributed by atoms with Gasteiger partial charge in [0.2, 0.25) is 0 Å². The molecule has 1 rings (SSSR count). The maximum atomic E-state index is 12.3. The molecule has 2 N–H and O–H groups in total. The monoisotopic (exact) mass is 300 g/mol. The van der Waals surface area contributed by atoms with Gasteiger partial charge >= 0.3 is 18.0 Å². The number of hydrogen-bond donors (Lipinski definition) is 2. The van der Waals surface area contributed by atoms with Crippen molar-refractivity contribution in [1.82, 2.24) is 10.2 Å². The highest BCUT2D eigenvalue weighted by Crippen LogP contribution is 2.39. The Kier molecular flexibility index (Phi) is 5.57. The predicted octanol–water partition coefficient (Wildman–Crippen LogP) is 1.22. The van der Waals surface area contributed by atoms with E-state index in [0.29, 0.717) is 0 Å². The average molecular weight is 300 g/mol. The van der Waals surface area contributed by atoms with Crippen LogP contribution >= 0.6 is 0 Å². The third-order valence-electron chi connectivity index (χ3n) is 3.69.